The molecule has 1 nitrogen and oxygen atoms in total. The molecule has 4 heteroatoms. The van der Waals surface area contributed by atoms with Crippen LogP contribution in [-0.2, 0) is 6.54 Å². The number of unbranched alkanes of at least 4 members (excludes halogenated alkanes) is 12. The number of benzene rings is 1. The molecule has 0 saturated heterocycles. The lowest BCUT2D eigenvalue weighted by molar-refractivity contribution is -0.941. The monoisotopic (exact) mass is 505 g/mol. The van der Waals surface area contributed by atoms with Crippen LogP contribution >= 0.6 is 23.2 Å². The van der Waals surface area contributed by atoms with Crippen molar-refractivity contribution >= 4 is 23.2 Å². The summed E-state index contributed by atoms with van der Waals surface area (Å²) in [4.78, 5) is 0. The molecule has 0 atom stereocenters. The predicted octanol–water partition coefficient (Wildman–Crippen LogP) is 7.23. The van der Waals surface area contributed by atoms with Gasteiger partial charge in [-0.2, -0.15) is 0 Å². The minimum Gasteiger partial charge on any atom is -1.00 e. The summed E-state index contributed by atoms with van der Waals surface area (Å²) in [6.07, 6.45) is 20.3. The smallest absolute Gasteiger partial charge is 0.106 e. The maximum absolute atomic E-state index is 6.65. The first-order valence-electron chi connectivity index (χ1n) is 13.4. The van der Waals surface area contributed by atoms with Gasteiger partial charge in [0, 0.05) is 10.6 Å². The summed E-state index contributed by atoms with van der Waals surface area (Å²) in [7, 11) is 0. The summed E-state index contributed by atoms with van der Waals surface area (Å²) < 4.78 is 1.21. The molecular weight excluding hydrogens is 457 g/mol. The minimum atomic E-state index is 0. The summed E-state index contributed by atoms with van der Waals surface area (Å²) in [5.41, 5.74) is 1.28. The third-order valence-corrected chi connectivity index (χ3v) is 7.32. The Balaban J connectivity index is 0.00000961. The first-order valence-corrected chi connectivity index (χ1v) is 14.1. The Morgan fingerprint density at radius 3 is 1.38 bits per heavy atom. The molecule has 0 amide bonds. The van der Waals surface area contributed by atoms with E-state index in [1.165, 1.54) is 126 Å². The van der Waals surface area contributed by atoms with E-state index in [9.17, 15) is 0 Å². The van der Waals surface area contributed by atoms with E-state index in [0.29, 0.717) is 0 Å². The third-order valence-electron chi connectivity index (χ3n) is 6.73. The van der Waals surface area contributed by atoms with Crippen molar-refractivity contribution in [2.45, 2.75) is 124 Å². The zero-order valence-electron chi connectivity index (χ0n) is 21.2. The van der Waals surface area contributed by atoms with Gasteiger partial charge in [0.05, 0.1) is 24.7 Å². The number of rotatable bonds is 20. The highest BCUT2D eigenvalue weighted by molar-refractivity contribution is 6.35. The van der Waals surface area contributed by atoms with E-state index in [1.54, 1.807) is 0 Å². The first kappa shape index (κ1) is 32.0. The average molecular weight is 507 g/mol. The molecule has 1 rings (SSSR count). The molecule has 0 bridgehead atoms. The molecule has 0 spiro atoms. The van der Waals surface area contributed by atoms with Crippen LogP contribution in [0.4, 0.5) is 0 Å². The van der Waals surface area contributed by atoms with Crippen molar-refractivity contribution in [1.82, 2.24) is 0 Å². The molecule has 188 valence electrons. The van der Waals surface area contributed by atoms with Crippen LogP contribution in [0, 0.1) is 0 Å². The SMILES string of the molecule is CCCCCCC[N+](CCCCCCC)(CCCCCCC)Cc1ccc(Cl)cc1Cl.[Cl-]. The number of halogens is 3. The third kappa shape index (κ3) is 14.3. The van der Waals surface area contributed by atoms with Gasteiger partial charge in [-0.05, 0) is 50.7 Å². The Labute approximate surface area is 216 Å². The quantitative estimate of drug-likeness (QED) is 0.129. The van der Waals surface area contributed by atoms with Gasteiger partial charge in [-0.15, -0.1) is 0 Å². The highest BCUT2D eigenvalue weighted by atomic mass is 35.5. The molecule has 1 aromatic rings. The molecular formula is C28H50Cl3N. The van der Waals surface area contributed by atoms with Crippen LogP contribution in [0.15, 0.2) is 18.2 Å². The lowest BCUT2D eigenvalue weighted by Gasteiger charge is -2.40. The maximum Gasteiger partial charge on any atom is 0.106 e. The second-order valence-electron chi connectivity index (χ2n) is 9.65. The molecule has 0 aliphatic heterocycles. The number of hydrogen-bond donors (Lipinski definition) is 0. The van der Waals surface area contributed by atoms with Gasteiger partial charge < -0.3 is 16.9 Å². The van der Waals surface area contributed by atoms with Gasteiger partial charge in [-0.3, -0.25) is 0 Å². The molecule has 0 aromatic heterocycles. The summed E-state index contributed by atoms with van der Waals surface area (Å²) >= 11 is 12.8. The zero-order chi connectivity index (χ0) is 22.8. The number of quaternary nitrogens is 1. The summed E-state index contributed by atoms with van der Waals surface area (Å²) in [6, 6.07) is 6.11. The van der Waals surface area contributed by atoms with Crippen LogP contribution in [0.3, 0.4) is 0 Å². The molecule has 0 heterocycles. The van der Waals surface area contributed by atoms with Crippen LogP contribution in [0.5, 0.6) is 0 Å². The van der Waals surface area contributed by atoms with Gasteiger partial charge in [0.2, 0.25) is 0 Å². The second-order valence-corrected chi connectivity index (χ2v) is 10.5. The highest BCUT2D eigenvalue weighted by Gasteiger charge is 2.27. The van der Waals surface area contributed by atoms with Crippen LogP contribution < -0.4 is 12.4 Å². The van der Waals surface area contributed by atoms with Crippen LogP contribution in [-0.4, -0.2) is 24.1 Å². The standard InChI is InChI=1S/C28H50Cl2N.ClH/c1-4-7-10-13-16-21-31(22-17-14-11-8-5-2,23-18-15-12-9-6-3)25-26-19-20-27(29)24-28(26)30;/h19-20,24H,4-18,21-23,25H2,1-3H3;1H/q+1;/p-1. The van der Waals surface area contributed by atoms with Gasteiger partial charge >= 0.3 is 0 Å². The van der Waals surface area contributed by atoms with E-state index in [-0.39, 0.29) is 12.4 Å². The largest absolute Gasteiger partial charge is 1.00 e. The van der Waals surface area contributed by atoms with Gasteiger partial charge in [0.15, 0.2) is 0 Å². The molecule has 1 aromatic carbocycles. The van der Waals surface area contributed by atoms with Crippen molar-refractivity contribution in [1.29, 1.82) is 0 Å². The van der Waals surface area contributed by atoms with Crippen molar-refractivity contribution < 1.29 is 16.9 Å². The summed E-state index contributed by atoms with van der Waals surface area (Å²) in [6.45, 7) is 11.9. The molecule has 0 radical (unpaired) electrons. The topological polar surface area (TPSA) is 0 Å². The summed E-state index contributed by atoms with van der Waals surface area (Å²) in [5, 5.41) is 1.59. The normalized spacial score (nSPS) is 11.5. The van der Waals surface area contributed by atoms with E-state index in [0.717, 1.165) is 16.6 Å². The lowest BCUT2D eigenvalue weighted by Crippen LogP contribution is -3.00. The highest BCUT2D eigenvalue weighted by Crippen LogP contribution is 2.27. The predicted molar refractivity (Wildman–Crippen MR) is 141 cm³/mol. The Hall–Kier alpha value is 0.0500. The van der Waals surface area contributed by atoms with Crippen molar-refractivity contribution in [3.63, 3.8) is 0 Å². The molecule has 0 unspecified atom stereocenters. The van der Waals surface area contributed by atoms with Gasteiger partial charge in [0.1, 0.15) is 6.54 Å². The molecule has 0 aliphatic carbocycles. The van der Waals surface area contributed by atoms with E-state index in [2.05, 4.69) is 26.8 Å². The fourth-order valence-electron chi connectivity index (χ4n) is 4.74. The number of nitrogens with zero attached hydrogens (tertiary/aromatic N) is 1. The molecule has 0 fully saturated rings. The second kappa shape index (κ2) is 20.4. The molecule has 0 saturated carbocycles. The van der Waals surface area contributed by atoms with Crippen LogP contribution in [0.25, 0.3) is 0 Å². The maximum atomic E-state index is 6.65. The van der Waals surface area contributed by atoms with Crippen molar-refractivity contribution in [3.05, 3.63) is 33.8 Å². The van der Waals surface area contributed by atoms with Gasteiger partial charge in [-0.1, -0.05) is 108 Å². The molecule has 0 aliphatic rings. The van der Waals surface area contributed by atoms with Crippen molar-refractivity contribution in [3.8, 4) is 0 Å². The van der Waals surface area contributed by atoms with Crippen molar-refractivity contribution in [2.75, 3.05) is 19.6 Å². The zero-order valence-corrected chi connectivity index (χ0v) is 23.5. The minimum absolute atomic E-state index is 0. The van der Waals surface area contributed by atoms with E-state index in [4.69, 9.17) is 23.2 Å². The molecule has 0 N–H and O–H groups in total. The Morgan fingerprint density at radius 2 is 1.00 bits per heavy atom. The van der Waals surface area contributed by atoms with Crippen LogP contribution in [0.1, 0.15) is 123 Å². The van der Waals surface area contributed by atoms with Crippen LogP contribution in [0.2, 0.25) is 10.0 Å². The van der Waals surface area contributed by atoms with Gasteiger partial charge in [-0.25, -0.2) is 0 Å². The fraction of sp³-hybridized carbons (Fsp3) is 0.786. The first-order chi connectivity index (χ1) is 15.1. The van der Waals surface area contributed by atoms with E-state index >= 15 is 0 Å². The van der Waals surface area contributed by atoms with E-state index < -0.39 is 0 Å². The summed E-state index contributed by atoms with van der Waals surface area (Å²) in [5.74, 6) is 0. The Kier molecular flexibility index (Phi) is 20.5. The fourth-order valence-corrected chi connectivity index (χ4v) is 5.20. The van der Waals surface area contributed by atoms with E-state index in [1.807, 2.05) is 12.1 Å². The number of hydrogen-bond acceptors (Lipinski definition) is 0. The Bertz CT molecular complexity index is 526. The average Bonchev–Trinajstić information content (AvgIpc) is 2.75. The van der Waals surface area contributed by atoms with Crippen molar-refractivity contribution in [2.24, 2.45) is 0 Å². The Morgan fingerprint density at radius 1 is 0.594 bits per heavy atom. The molecule has 32 heavy (non-hydrogen) atoms. The van der Waals surface area contributed by atoms with Gasteiger partial charge in [0.25, 0.3) is 0 Å². The lowest BCUT2D eigenvalue weighted by atomic mass is 10.1.